The van der Waals surface area contributed by atoms with Gasteiger partial charge in [-0.25, -0.2) is 8.42 Å². The van der Waals surface area contributed by atoms with E-state index in [-0.39, 0.29) is 29.3 Å². The number of sulfonamides is 1. The molecule has 7 heteroatoms. The third kappa shape index (κ3) is 3.96. The number of ether oxygens (including phenoxy) is 1. The average Bonchev–Trinajstić information content (AvgIpc) is 2.63. The van der Waals surface area contributed by atoms with E-state index in [0.717, 1.165) is 19.3 Å². The average molecular weight is 352 g/mol. The molecule has 1 N–H and O–H groups in total. The number of nitrogens with one attached hydrogen (secondary N) is 1. The van der Waals surface area contributed by atoms with Gasteiger partial charge in [0.25, 0.3) is 0 Å². The molecular weight excluding hydrogens is 328 g/mol. The number of amides is 1. The van der Waals surface area contributed by atoms with Crippen LogP contribution in [0.4, 0.5) is 0 Å². The second kappa shape index (κ2) is 7.63. The molecule has 2 heterocycles. The van der Waals surface area contributed by atoms with Gasteiger partial charge in [-0.1, -0.05) is 18.2 Å². The normalized spacial score (nSPS) is 23.8. The Morgan fingerprint density at radius 3 is 2.54 bits per heavy atom. The molecule has 2 aliphatic heterocycles. The summed E-state index contributed by atoms with van der Waals surface area (Å²) < 4.78 is 32.2. The summed E-state index contributed by atoms with van der Waals surface area (Å²) in [6.45, 7) is 2.07. The first kappa shape index (κ1) is 17.4. The molecule has 2 fully saturated rings. The SMILES string of the molecule is O=C(NC1CCOCC1)[C@@H]1CCCN(S(=O)(=O)c2ccccc2)C1. The van der Waals surface area contributed by atoms with Crippen LogP contribution in [0.2, 0.25) is 0 Å². The van der Waals surface area contributed by atoms with E-state index in [4.69, 9.17) is 4.74 Å². The first-order valence-corrected chi connectivity index (χ1v) is 9.95. The lowest BCUT2D eigenvalue weighted by atomic mass is 9.97. The zero-order valence-electron chi connectivity index (χ0n) is 13.7. The van der Waals surface area contributed by atoms with Crippen molar-refractivity contribution in [2.45, 2.75) is 36.6 Å². The van der Waals surface area contributed by atoms with Crippen molar-refractivity contribution in [3.05, 3.63) is 30.3 Å². The van der Waals surface area contributed by atoms with Crippen LogP contribution >= 0.6 is 0 Å². The summed E-state index contributed by atoms with van der Waals surface area (Å²) in [5.74, 6) is -0.310. The summed E-state index contributed by atoms with van der Waals surface area (Å²) in [6, 6.07) is 8.56. The Balaban J connectivity index is 1.64. The van der Waals surface area contributed by atoms with Crippen LogP contribution in [0.25, 0.3) is 0 Å². The van der Waals surface area contributed by atoms with Gasteiger partial charge in [-0.15, -0.1) is 0 Å². The van der Waals surface area contributed by atoms with Gasteiger partial charge in [-0.05, 0) is 37.8 Å². The van der Waals surface area contributed by atoms with E-state index in [2.05, 4.69) is 5.32 Å². The maximum atomic E-state index is 12.7. The van der Waals surface area contributed by atoms with Crippen molar-refractivity contribution in [3.8, 4) is 0 Å². The topological polar surface area (TPSA) is 75.7 Å². The molecule has 1 aromatic carbocycles. The van der Waals surface area contributed by atoms with Crippen LogP contribution in [0.5, 0.6) is 0 Å². The molecule has 0 aliphatic carbocycles. The number of hydrogen-bond acceptors (Lipinski definition) is 4. The van der Waals surface area contributed by atoms with Gasteiger partial charge < -0.3 is 10.1 Å². The van der Waals surface area contributed by atoms with Gasteiger partial charge in [0.05, 0.1) is 10.8 Å². The molecule has 3 rings (SSSR count). The summed E-state index contributed by atoms with van der Waals surface area (Å²) in [4.78, 5) is 12.8. The highest BCUT2D eigenvalue weighted by Crippen LogP contribution is 2.24. The van der Waals surface area contributed by atoms with Gasteiger partial charge in [0.2, 0.25) is 15.9 Å². The van der Waals surface area contributed by atoms with Gasteiger partial charge in [0, 0.05) is 32.3 Å². The lowest BCUT2D eigenvalue weighted by Gasteiger charge is -2.32. The number of carbonyl (C=O) groups is 1. The number of piperidine rings is 1. The number of rotatable bonds is 4. The van der Waals surface area contributed by atoms with Gasteiger partial charge in [-0.2, -0.15) is 4.31 Å². The molecule has 0 radical (unpaired) electrons. The van der Waals surface area contributed by atoms with Gasteiger partial charge in [-0.3, -0.25) is 4.79 Å². The van der Waals surface area contributed by atoms with E-state index in [0.29, 0.717) is 26.2 Å². The highest BCUT2D eigenvalue weighted by Gasteiger charge is 2.33. The van der Waals surface area contributed by atoms with Crippen LogP contribution in [-0.4, -0.2) is 51.0 Å². The van der Waals surface area contributed by atoms with Crippen molar-refractivity contribution in [2.75, 3.05) is 26.3 Å². The van der Waals surface area contributed by atoms with Crippen LogP contribution in [0.1, 0.15) is 25.7 Å². The third-order valence-electron chi connectivity index (χ3n) is 4.70. The zero-order valence-corrected chi connectivity index (χ0v) is 14.5. The summed E-state index contributed by atoms with van der Waals surface area (Å²) in [5, 5.41) is 3.06. The molecule has 1 atom stereocenters. The predicted octanol–water partition coefficient (Wildman–Crippen LogP) is 1.38. The minimum atomic E-state index is -3.53. The Labute approximate surface area is 143 Å². The molecule has 132 valence electrons. The summed E-state index contributed by atoms with van der Waals surface area (Å²) in [6.07, 6.45) is 3.09. The Kier molecular flexibility index (Phi) is 5.53. The summed E-state index contributed by atoms with van der Waals surface area (Å²) in [5.41, 5.74) is 0. The van der Waals surface area contributed by atoms with E-state index >= 15 is 0 Å². The minimum absolute atomic E-state index is 0.0325. The molecule has 0 unspecified atom stereocenters. The quantitative estimate of drug-likeness (QED) is 0.888. The van der Waals surface area contributed by atoms with Crippen molar-refractivity contribution < 1.29 is 17.9 Å². The van der Waals surface area contributed by atoms with Crippen LogP contribution in [0.3, 0.4) is 0 Å². The van der Waals surface area contributed by atoms with Gasteiger partial charge in [0.1, 0.15) is 0 Å². The van der Waals surface area contributed by atoms with Crippen molar-refractivity contribution in [1.29, 1.82) is 0 Å². The van der Waals surface area contributed by atoms with E-state index in [9.17, 15) is 13.2 Å². The Hall–Kier alpha value is -1.44. The molecular formula is C17H24N2O4S. The summed E-state index contributed by atoms with van der Waals surface area (Å²) in [7, 11) is -3.53. The first-order valence-electron chi connectivity index (χ1n) is 8.50. The number of benzene rings is 1. The molecule has 6 nitrogen and oxygen atoms in total. The van der Waals surface area contributed by atoms with E-state index in [1.807, 2.05) is 0 Å². The van der Waals surface area contributed by atoms with Crippen LogP contribution < -0.4 is 5.32 Å². The third-order valence-corrected chi connectivity index (χ3v) is 6.58. The monoisotopic (exact) mass is 352 g/mol. The van der Waals surface area contributed by atoms with Crippen molar-refractivity contribution in [1.82, 2.24) is 9.62 Å². The molecule has 0 saturated carbocycles. The fourth-order valence-corrected chi connectivity index (χ4v) is 4.82. The Morgan fingerprint density at radius 2 is 1.83 bits per heavy atom. The summed E-state index contributed by atoms with van der Waals surface area (Å²) >= 11 is 0. The second-order valence-corrected chi connectivity index (χ2v) is 8.35. The molecule has 0 aromatic heterocycles. The lowest BCUT2D eigenvalue weighted by molar-refractivity contribution is -0.127. The van der Waals surface area contributed by atoms with E-state index in [1.165, 1.54) is 4.31 Å². The predicted molar refractivity (Wildman–Crippen MR) is 89.9 cm³/mol. The van der Waals surface area contributed by atoms with Crippen LogP contribution in [-0.2, 0) is 19.6 Å². The fraction of sp³-hybridized carbons (Fsp3) is 0.588. The zero-order chi connectivity index (χ0) is 17.0. The standard InChI is InChI=1S/C17H24N2O4S/c20-17(18-15-8-11-23-12-9-15)14-5-4-10-19(13-14)24(21,22)16-6-2-1-3-7-16/h1-3,6-7,14-15H,4-5,8-13H2,(H,18,20)/t14-/m1/s1. The lowest BCUT2D eigenvalue weighted by Crippen LogP contribution is -2.48. The first-order chi connectivity index (χ1) is 11.6. The van der Waals surface area contributed by atoms with E-state index < -0.39 is 10.0 Å². The highest BCUT2D eigenvalue weighted by atomic mass is 32.2. The van der Waals surface area contributed by atoms with Gasteiger partial charge in [0.15, 0.2) is 0 Å². The van der Waals surface area contributed by atoms with Crippen molar-refractivity contribution >= 4 is 15.9 Å². The highest BCUT2D eigenvalue weighted by molar-refractivity contribution is 7.89. The number of carbonyl (C=O) groups excluding carboxylic acids is 1. The second-order valence-electron chi connectivity index (χ2n) is 6.41. The molecule has 2 saturated heterocycles. The van der Waals surface area contributed by atoms with E-state index in [1.54, 1.807) is 30.3 Å². The van der Waals surface area contributed by atoms with Gasteiger partial charge >= 0.3 is 0 Å². The Morgan fingerprint density at radius 1 is 1.12 bits per heavy atom. The van der Waals surface area contributed by atoms with Crippen molar-refractivity contribution in [2.24, 2.45) is 5.92 Å². The maximum Gasteiger partial charge on any atom is 0.243 e. The molecule has 0 bridgehead atoms. The maximum absolute atomic E-state index is 12.7. The van der Waals surface area contributed by atoms with Crippen LogP contribution in [0, 0.1) is 5.92 Å². The molecule has 1 amide bonds. The Bertz CT molecular complexity index is 656. The molecule has 2 aliphatic rings. The number of hydrogen-bond donors (Lipinski definition) is 1. The largest absolute Gasteiger partial charge is 0.381 e. The smallest absolute Gasteiger partial charge is 0.243 e. The molecule has 0 spiro atoms. The molecule has 1 aromatic rings. The van der Waals surface area contributed by atoms with Crippen LogP contribution in [0.15, 0.2) is 35.2 Å². The molecule has 24 heavy (non-hydrogen) atoms. The number of nitrogens with zero attached hydrogens (tertiary/aromatic N) is 1. The minimum Gasteiger partial charge on any atom is -0.381 e. The fourth-order valence-electron chi connectivity index (χ4n) is 3.28. The van der Waals surface area contributed by atoms with Crippen molar-refractivity contribution in [3.63, 3.8) is 0 Å².